The molecular formula is C14H19ClN4O2. The molecular weight excluding hydrogens is 292 g/mol. The van der Waals surface area contributed by atoms with Crippen LogP contribution in [0.3, 0.4) is 0 Å². The highest BCUT2D eigenvalue weighted by atomic mass is 35.5. The molecule has 0 aliphatic heterocycles. The molecule has 0 spiro atoms. The van der Waals surface area contributed by atoms with Crippen LogP contribution in [0.25, 0.3) is 0 Å². The van der Waals surface area contributed by atoms with Gasteiger partial charge in [0, 0.05) is 12.6 Å². The average Bonchev–Trinajstić information content (AvgIpc) is 2.93. The first kappa shape index (κ1) is 15.6. The summed E-state index contributed by atoms with van der Waals surface area (Å²) in [6, 6.07) is 3.80. The number of nitrogens with two attached hydrogens (primary N) is 1. The van der Waals surface area contributed by atoms with Crippen LogP contribution in [0.2, 0.25) is 5.02 Å². The van der Waals surface area contributed by atoms with Crippen LogP contribution in [0.15, 0.2) is 18.5 Å². The van der Waals surface area contributed by atoms with Crippen molar-refractivity contribution in [2.24, 2.45) is 5.73 Å². The first-order valence-corrected chi connectivity index (χ1v) is 7.02. The van der Waals surface area contributed by atoms with Crippen molar-refractivity contribution in [3.63, 3.8) is 0 Å². The summed E-state index contributed by atoms with van der Waals surface area (Å²) in [5.74, 6) is 1.76. The molecule has 2 aromatic rings. The van der Waals surface area contributed by atoms with Gasteiger partial charge in [0.2, 0.25) is 0 Å². The summed E-state index contributed by atoms with van der Waals surface area (Å²) in [5, 5.41) is 4.63. The molecule has 0 saturated heterocycles. The minimum atomic E-state index is 0.211. The Bertz CT molecular complexity index is 613. The van der Waals surface area contributed by atoms with Crippen LogP contribution >= 0.6 is 11.6 Å². The van der Waals surface area contributed by atoms with Gasteiger partial charge in [-0.1, -0.05) is 11.6 Å². The van der Waals surface area contributed by atoms with Crippen molar-refractivity contribution in [1.29, 1.82) is 0 Å². The van der Waals surface area contributed by atoms with E-state index in [-0.39, 0.29) is 12.6 Å². The van der Waals surface area contributed by atoms with E-state index in [4.69, 9.17) is 26.8 Å². The molecule has 1 heterocycles. The van der Waals surface area contributed by atoms with Crippen LogP contribution in [0.1, 0.15) is 31.3 Å². The van der Waals surface area contributed by atoms with Gasteiger partial charge in [0.25, 0.3) is 0 Å². The van der Waals surface area contributed by atoms with Gasteiger partial charge in [0.1, 0.15) is 12.9 Å². The summed E-state index contributed by atoms with van der Waals surface area (Å²) < 4.78 is 12.9. The lowest BCUT2D eigenvalue weighted by Crippen LogP contribution is -2.11. The number of hydrogen-bond donors (Lipinski definition) is 1. The number of benzene rings is 1. The molecule has 0 amide bonds. The molecule has 0 bridgehead atoms. The van der Waals surface area contributed by atoms with Gasteiger partial charge >= 0.3 is 0 Å². The number of nitrogens with zero attached hydrogens (tertiary/aromatic N) is 3. The third-order valence-electron chi connectivity index (χ3n) is 3.01. The molecule has 0 aliphatic carbocycles. The third-order valence-corrected chi connectivity index (χ3v) is 3.29. The van der Waals surface area contributed by atoms with E-state index in [0.717, 1.165) is 11.4 Å². The van der Waals surface area contributed by atoms with E-state index >= 15 is 0 Å². The normalized spacial score (nSPS) is 11.0. The van der Waals surface area contributed by atoms with Crippen LogP contribution in [-0.2, 0) is 13.2 Å². The van der Waals surface area contributed by atoms with Crippen LogP contribution in [-0.4, -0.2) is 21.9 Å². The number of ether oxygens (including phenoxy) is 2. The minimum absolute atomic E-state index is 0.211. The van der Waals surface area contributed by atoms with Crippen molar-refractivity contribution >= 4 is 11.6 Å². The predicted octanol–water partition coefficient (Wildman–Crippen LogP) is 2.56. The average molecular weight is 311 g/mol. The lowest BCUT2D eigenvalue weighted by molar-refractivity contribution is 0.266. The second-order valence-electron chi connectivity index (χ2n) is 4.82. The van der Waals surface area contributed by atoms with Crippen LogP contribution in [0, 0.1) is 0 Å². The molecule has 6 nitrogen and oxygen atoms in total. The van der Waals surface area contributed by atoms with E-state index in [1.165, 1.54) is 6.33 Å². The summed E-state index contributed by atoms with van der Waals surface area (Å²) in [6.45, 7) is 4.71. The molecule has 0 saturated carbocycles. The maximum atomic E-state index is 6.23. The Hall–Kier alpha value is -1.79. The van der Waals surface area contributed by atoms with Crippen LogP contribution in [0.4, 0.5) is 0 Å². The molecule has 1 aromatic carbocycles. The molecule has 2 N–H and O–H groups in total. The van der Waals surface area contributed by atoms with Gasteiger partial charge in [-0.25, -0.2) is 9.67 Å². The lowest BCUT2D eigenvalue weighted by Gasteiger charge is -2.14. The molecule has 0 aliphatic rings. The zero-order valence-corrected chi connectivity index (χ0v) is 13.1. The summed E-state index contributed by atoms with van der Waals surface area (Å²) >= 11 is 6.23. The quantitative estimate of drug-likeness (QED) is 0.887. The number of methoxy groups -OCH3 is 1. The molecule has 21 heavy (non-hydrogen) atoms. The SMILES string of the molecule is COc1cc(CN)cc(Cl)c1OCc1ncnn1C(C)C. The van der Waals surface area contributed by atoms with E-state index in [1.54, 1.807) is 17.9 Å². The Morgan fingerprint density at radius 2 is 2.14 bits per heavy atom. The molecule has 114 valence electrons. The highest BCUT2D eigenvalue weighted by Crippen LogP contribution is 2.36. The van der Waals surface area contributed by atoms with Gasteiger partial charge in [-0.05, 0) is 31.5 Å². The molecule has 2 rings (SSSR count). The first-order chi connectivity index (χ1) is 10.1. The first-order valence-electron chi connectivity index (χ1n) is 6.64. The Balaban J connectivity index is 2.21. The lowest BCUT2D eigenvalue weighted by atomic mass is 10.2. The molecule has 0 unspecified atom stereocenters. The van der Waals surface area contributed by atoms with Crippen LogP contribution in [0.5, 0.6) is 11.5 Å². The van der Waals surface area contributed by atoms with Crippen molar-refractivity contribution in [2.45, 2.75) is 33.0 Å². The summed E-state index contributed by atoms with van der Waals surface area (Å²) in [5.41, 5.74) is 6.50. The summed E-state index contributed by atoms with van der Waals surface area (Å²) in [4.78, 5) is 4.19. The Labute approximate surface area is 128 Å². The standard InChI is InChI=1S/C14H19ClN4O2/c1-9(2)19-13(17-8-18-19)7-21-14-11(15)4-10(6-16)5-12(14)20-3/h4-5,8-9H,6-7,16H2,1-3H3. The molecule has 7 heteroatoms. The van der Waals surface area contributed by atoms with E-state index in [0.29, 0.717) is 23.1 Å². The number of rotatable bonds is 6. The molecule has 0 fully saturated rings. The number of hydrogen-bond acceptors (Lipinski definition) is 5. The second-order valence-corrected chi connectivity index (χ2v) is 5.22. The van der Waals surface area contributed by atoms with Gasteiger partial charge in [0.05, 0.1) is 12.1 Å². The second kappa shape index (κ2) is 6.78. The fourth-order valence-corrected chi connectivity index (χ4v) is 2.26. The fourth-order valence-electron chi connectivity index (χ4n) is 1.98. The van der Waals surface area contributed by atoms with Gasteiger partial charge in [0.15, 0.2) is 17.3 Å². The zero-order valence-electron chi connectivity index (χ0n) is 12.3. The van der Waals surface area contributed by atoms with Gasteiger partial charge < -0.3 is 15.2 Å². The maximum Gasteiger partial charge on any atom is 0.180 e. The van der Waals surface area contributed by atoms with Crippen molar-refractivity contribution in [1.82, 2.24) is 14.8 Å². The Morgan fingerprint density at radius 1 is 1.38 bits per heavy atom. The monoisotopic (exact) mass is 310 g/mol. The van der Waals surface area contributed by atoms with Crippen molar-refractivity contribution in [2.75, 3.05) is 7.11 Å². The predicted molar refractivity (Wildman–Crippen MR) is 80.6 cm³/mol. The van der Waals surface area contributed by atoms with Crippen molar-refractivity contribution < 1.29 is 9.47 Å². The molecule has 0 radical (unpaired) electrons. The van der Waals surface area contributed by atoms with Crippen molar-refractivity contribution in [3.8, 4) is 11.5 Å². The Morgan fingerprint density at radius 3 is 2.76 bits per heavy atom. The highest BCUT2D eigenvalue weighted by molar-refractivity contribution is 6.32. The van der Waals surface area contributed by atoms with Crippen LogP contribution < -0.4 is 15.2 Å². The largest absolute Gasteiger partial charge is 0.493 e. The maximum absolute atomic E-state index is 6.23. The minimum Gasteiger partial charge on any atom is -0.493 e. The molecule has 0 atom stereocenters. The van der Waals surface area contributed by atoms with Gasteiger partial charge in [-0.2, -0.15) is 5.10 Å². The fraction of sp³-hybridized carbons (Fsp3) is 0.429. The number of halogens is 1. The van der Waals surface area contributed by atoms with E-state index in [2.05, 4.69) is 10.1 Å². The highest BCUT2D eigenvalue weighted by Gasteiger charge is 2.14. The zero-order chi connectivity index (χ0) is 15.4. The topological polar surface area (TPSA) is 75.2 Å². The van der Waals surface area contributed by atoms with E-state index in [9.17, 15) is 0 Å². The Kier molecular flexibility index (Phi) is 5.03. The van der Waals surface area contributed by atoms with E-state index < -0.39 is 0 Å². The van der Waals surface area contributed by atoms with Crippen molar-refractivity contribution in [3.05, 3.63) is 34.9 Å². The third kappa shape index (κ3) is 3.46. The van der Waals surface area contributed by atoms with Gasteiger partial charge in [-0.3, -0.25) is 0 Å². The number of aromatic nitrogens is 3. The van der Waals surface area contributed by atoms with Gasteiger partial charge in [-0.15, -0.1) is 0 Å². The summed E-state index contributed by atoms with van der Waals surface area (Å²) in [7, 11) is 1.56. The van der Waals surface area contributed by atoms with E-state index in [1.807, 2.05) is 19.9 Å². The molecule has 1 aromatic heterocycles. The summed E-state index contributed by atoms with van der Waals surface area (Å²) in [6.07, 6.45) is 1.51. The smallest absolute Gasteiger partial charge is 0.180 e.